The molecule has 0 aliphatic carbocycles. The number of hydrogen-bond acceptors (Lipinski definition) is 4. The zero-order valence-electron chi connectivity index (χ0n) is 17.3. The van der Waals surface area contributed by atoms with Gasteiger partial charge in [0.15, 0.2) is 0 Å². The van der Waals surface area contributed by atoms with Gasteiger partial charge in [0.05, 0.1) is 21.9 Å². The molecule has 32 heavy (non-hydrogen) atoms. The summed E-state index contributed by atoms with van der Waals surface area (Å²) < 4.78 is 14.7. The predicted octanol–water partition coefficient (Wildman–Crippen LogP) is 3.43. The molecule has 0 spiro atoms. The van der Waals surface area contributed by atoms with Crippen LogP contribution in [-0.4, -0.2) is 57.7 Å². The van der Waals surface area contributed by atoms with Crippen molar-refractivity contribution in [3.63, 3.8) is 0 Å². The molecular weight excluding hydrogens is 483 g/mol. The molecule has 1 aliphatic rings. The molecule has 1 N–H and O–H groups in total. The Morgan fingerprint density at radius 2 is 1.66 bits per heavy atom. The number of H-pyrrole nitrogens is 1. The molecule has 3 aromatic rings. The number of likely N-dealkylation sites (N-methyl/N-ethyl adjacent to an activating group) is 2. The van der Waals surface area contributed by atoms with Gasteiger partial charge < -0.3 is 14.8 Å². The first-order valence-electron chi connectivity index (χ1n) is 9.89. The maximum absolute atomic E-state index is 13.8. The Kier molecular flexibility index (Phi) is 5.72. The van der Waals surface area contributed by atoms with Gasteiger partial charge in [-0.05, 0) is 29.3 Å². The summed E-state index contributed by atoms with van der Waals surface area (Å²) >= 11 is 3.38. The monoisotopic (exact) mass is 502 g/mol. The van der Waals surface area contributed by atoms with Gasteiger partial charge in [0.1, 0.15) is 17.9 Å². The van der Waals surface area contributed by atoms with Crippen LogP contribution in [-0.2, 0) is 22.4 Å². The van der Waals surface area contributed by atoms with Crippen molar-refractivity contribution in [2.75, 3.05) is 14.1 Å². The van der Waals surface area contributed by atoms with Crippen LogP contribution in [0, 0.1) is 15.9 Å². The SMILES string of the molecule is CN1C(=O)C(Cc2c[nH]c3cc(F)cc([N+](=O)[O-])c23)N(C)C(=O)C1Cc1ccc(Br)cc1. The lowest BCUT2D eigenvalue weighted by molar-refractivity contribution is -0.383. The third kappa shape index (κ3) is 3.86. The first kappa shape index (κ1) is 21.9. The zero-order valence-corrected chi connectivity index (χ0v) is 18.9. The Balaban J connectivity index is 1.62. The second kappa shape index (κ2) is 8.34. The van der Waals surface area contributed by atoms with E-state index in [1.54, 1.807) is 14.1 Å². The van der Waals surface area contributed by atoms with Crippen LogP contribution in [0.3, 0.4) is 0 Å². The Hall–Kier alpha value is -3.27. The molecule has 4 rings (SSSR count). The maximum atomic E-state index is 13.8. The number of carbonyl (C=O) groups is 2. The van der Waals surface area contributed by atoms with Crippen molar-refractivity contribution in [2.45, 2.75) is 24.9 Å². The molecule has 2 aromatic carbocycles. The van der Waals surface area contributed by atoms with E-state index in [4.69, 9.17) is 0 Å². The van der Waals surface area contributed by atoms with E-state index in [0.717, 1.165) is 16.1 Å². The van der Waals surface area contributed by atoms with E-state index in [2.05, 4.69) is 20.9 Å². The molecule has 2 amide bonds. The number of hydrogen-bond donors (Lipinski definition) is 1. The summed E-state index contributed by atoms with van der Waals surface area (Å²) in [5.41, 5.74) is 1.29. The van der Waals surface area contributed by atoms with E-state index in [-0.39, 0.29) is 34.8 Å². The summed E-state index contributed by atoms with van der Waals surface area (Å²) in [5, 5.41) is 11.7. The number of halogens is 2. The lowest BCUT2D eigenvalue weighted by atomic mass is 9.95. The quantitative estimate of drug-likeness (QED) is 0.426. The topological polar surface area (TPSA) is 99.5 Å². The molecule has 8 nitrogen and oxygen atoms in total. The van der Waals surface area contributed by atoms with E-state index >= 15 is 0 Å². The highest BCUT2D eigenvalue weighted by atomic mass is 79.9. The number of nitro groups is 1. The number of nitro benzene ring substituents is 1. The number of nitrogens with one attached hydrogen (secondary N) is 1. The van der Waals surface area contributed by atoms with E-state index < -0.39 is 22.8 Å². The van der Waals surface area contributed by atoms with Crippen molar-refractivity contribution in [1.29, 1.82) is 0 Å². The van der Waals surface area contributed by atoms with Crippen molar-refractivity contribution in [3.8, 4) is 0 Å². The van der Waals surface area contributed by atoms with Gasteiger partial charge in [0, 0.05) is 37.6 Å². The first-order valence-corrected chi connectivity index (χ1v) is 10.7. The highest BCUT2D eigenvalue weighted by Crippen LogP contribution is 2.32. The zero-order chi connectivity index (χ0) is 23.2. The number of aromatic amines is 1. The minimum Gasteiger partial charge on any atom is -0.361 e. The fourth-order valence-electron chi connectivity index (χ4n) is 4.19. The number of carbonyl (C=O) groups excluding carboxylic acids is 2. The van der Waals surface area contributed by atoms with Gasteiger partial charge in [-0.2, -0.15) is 0 Å². The molecule has 2 heterocycles. The summed E-state index contributed by atoms with van der Waals surface area (Å²) in [6, 6.07) is 8.11. The Morgan fingerprint density at radius 3 is 2.25 bits per heavy atom. The minimum absolute atomic E-state index is 0.0723. The molecule has 0 saturated carbocycles. The molecule has 2 atom stereocenters. The number of non-ortho nitro benzene ring substituents is 1. The molecule has 2 unspecified atom stereocenters. The largest absolute Gasteiger partial charge is 0.361 e. The van der Waals surface area contributed by atoms with Crippen molar-refractivity contribution >= 4 is 44.3 Å². The standard InChI is InChI=1S/C22H20BrFN4O4/c1-26-18(7-12-3-5-14(23)6-4-12)21(29)27(2)19(22(26)30)8-13-11-25-16-9-15(24)10-17(20(13)16)28(31)32/h3-6,9-11,18-19,25H,7-8H2,1-2H3. The van der Waals surface area contributed by atoms with E-state index in [0.29, 0.717) is 12.0 Å². The lowest BCUT2D eigenvalue weighted by Crippen LogP contribution is -2.63. The van der Waals surface area contributed by atoms with Gasteiger partial charge in [-0.25, -0.2) is 4.39 Å². The smallest absolute Gasteiger partial charge is 0.281 e. The molecule has 0 bridgehead atoms. The van der Waals surface area contributed by atoms with E-state index in [1.807, 2.05) is 24.3 Å². The fourth-order valence-corrected chi connectivity index (χ4v) is 4.46. The Labute approximate surface area is 191 Å². The number of piperazine rings is 1. The summed E-state index contributed by atoms with van der Waals surface area (Å²) in [5.74, 6) is -1.19. The summed E-state index contributed by atoms with van der Waals surface area (Å²) in [6.07, 6.45) is 1.97. The third-order valence-corrected chi connectivity index (χ3v) is 6.49. The number of rotatable bonds is 5. The van der Waals surface area contributed by atoms with Crippen molar-refractivity contribution in [1.82, 2.24) is 14.8 Å². The number of aromatic nitrogens is 1. The van der Waals surface area contributed by atoms with Crippen LogP contribution >= 0.6 is 15.9 Å². The molecule has 1 fully saturated rings. The van der Waals surface area contributed by atoms with Crippen LogP contribution in [0.15, 0.2) is 47.1 Å². The summed E-state index contributed by atoms with van der Waals surface area (Å²) in [6.45, 7) is 0. The average molecular weight is 503 g/mol. The highest BCUT2D eigenvalue weighted by Gasteiger charge is 2.42. The molecule has 1 saturated heterocycles. The minimum atomic E-state index is -0.822. The lowest BCUT2D eigenvalue weighted by Gasteiger charge is -2.42. The van der Waals surface area contributed by atoms with Crippen LogP contribution in [0.25, 0.3) is 10.9 Å². The van der Waals surface area contributed by atoms with E-state index in [9.17, 15) is 24.1 Å². The van der Waals surface area contributed by atoms with Crippen LogP contribution < -0.4 is 0 Å². The predicted molar refractivity (Wildman–Crippen MR) is 120 cm³/mol. The normalized spacial score (nSPS) is 19.1. The number of fused-ring (bicyclic) bond motifs is 1. The maximum Gasteiger partial charge on any atom is 0.281 e. The second-order valence-corrected chi connectivity index (χ2v) is 8.80. The number of nitrogens with zero attached hydrogens (tertiary/aromatic N) is 3. The average Bonchev–Trinajstić information content (AvgIpc) is 3.15. The fraction of sp³-hybridized carbons (Fsp3) is 0.273. The van der Waals surface area contributed by atoms with Gasteiger partial charge in [-0.1, -0.05) is 28.1 Å². The summed E-state index contributed by atoms with van der Waals surface area (Å²) in [4.78, 5) is 42.8. The van der Waals surface area contributed by atoms with Crippen LogP contribution in [0.5, 0.6) is 0 Å². The van der Waals surface area contributed by atoms with Crippen LogP contribution in [0.2, 0.25) is 0 Å². The van der Waals surface area contributed by atoms with Crippen molar-refractivity contribution in [3.05, 3.63) is 74.1 Å². The second-order valence-electron chi connectivity index (χ2n) is 7.88. The number of benzene rings is 2. The molecule has 10 heteroatoms. The molecule has 1 aliphatic heterocycles. The van der Waals surface area contributed by atoms with Crippen LogP contribution in [0.4, 0.5) is 10.1 Å². The summed E-state index contributed by atoms with van der Waals surface area (Å²) in [7, 11) is 3.16. The Morgan fingerprint density at radius 1 is 1.06 bits per heavy atom. The number of amides is 2. The molecular formula is C22H20BrFN4O4. The van der Waals surface area contributed by atoms with Gasteiger partial charge in [-0.3, -0.25) is 19.7 Å². The molecule has 1 aromatic heterocycles. The van der Waals surface area contributed by atoms with Gasteiger partial charge >= 0.3 is 0 Å². The molecule has 166 valence electrons. The van der Waals surface area contributed by atoms with Gasteiger partial charge in [-0.15, -0.1) is 0 Å². The Bertz CT molecular complexity index is 1230. The van der Waals surface area contributed by atoms with Gasteiger partial charge in [0.25, 0.3) is 5.69 Å². The van der Waals surface area contributed by atoms with E-state index in [1.165, 1.54) is 22.1 Å². The van der Waals surface area contributed by atoms with Crippen molar-refractivity contribution in [2.24, 2.45) is 0 Å². The third-order valence-electron chi connectivity index (χ3n) is 5.96. The highest BCUT2D eigenvalue weighted by molar-refractivity contribution is 9.10. The van der Waals surface area contributed by atoms with Crippen molar-refractivity contribution < 1.29 is 18.9 Å². The molecule has 0 radical (unpaired) electrons. The van der Waals surface area contributed by atoms with Gasteiger partial charge in [0.2, 0.25) is 11.8 Å². The first-order chi connectivity index (χ1) is 15.2. The van der Waals surface area contributed by atoms with Crippen LogP contribution in [0.1, 0.15) is 11.1 Å².